The fraction of sp³-hybridized carbons (Fsp3) is 0.556. The topological polar surface area (TPSA) is 73.1 Å². The summed E-state index contributed by atoms with van der Waals surface area (Å²) in [6.07, 6.45) is 4.63. The summed E-state index contributed by atoms with van der Waals surface area (Å²) >= 11 is 1.46. The minimum Gasteiger partial charge on any atom is -0.378 e. The highest BCUT2D eigenvalue weighted by Crippen LogP contribution is 2.38. The first-order valence-corrected chi connectivity index (χ1v) is 10.1. The Morgan fingerprint density at radius 2 is 1.88 bits per heavy atom. The van der Waals surface area contributed by atoms with Crippen LogP contribution in [0.25, 0.3) is 0 Å². The summed E-state index contributed by atoms with van der Waals surface area (Å²) in [4.78, 5) is 15.1. The molecular weight excluding hydrogens is 350 g/mol. The van der Waals surface area contributed by atoms with Gasteiger partial charge in [0.05, 0.1) is 19.3 Å². The Bertz CT molecular complexity index is 726. The number of aromatic nitrogens is 4. The summed E-state index contributed by atoms with van der Waals surface area (Å²) in [6, 6.07) is 10.2. The molecule has 2 fully saturated rings. The fourth-order valence-corrected chi connectivity index (χ4v) is 4.72. The lowest BCUT2D eigenvalue weighted by atomic mass is 10.1. The second-order valence-electron chi connectivity index (χ2n) is 6.69. The van der Waals surface area contributed by atoms with Gasteiger partial charge in [0, 0.05) is 13.1 Å². The number of nitrogens with zero attached hydrogens (tertiary/aromatic N) is 5. The first kappa shape index (κ1) is 17.5. The van der Waals surface area contributed by atoms with Gasteiger partial charge in [0.25, 0.3) is 0 Å². The molecule has 0 spiro atoms. The largest absolute Gasteiger partial charge is 0.378 e. The number of ether oxygens (including phenoxy) is 1. The summed E-state index contributed by atoms with van der Waals surface area (Å²) in [6.45, 7) is 2.46. The van der Waals surface area contributed by atoms with Crippen molar-refractivity contribution in [2.75, 3.05) is 26.3 Å². The molecule has 138 valence electrons. The predicted octanol–water partition coefficient (Wildman–Crippen LogP) is 2.48. The molecular formula is C18H23N5O2S. The molecule has 1 aromatic carbocycles. The van der Waals surface area contributed by atoms with E-state index in [1.54, 1.807) is 0 Å². The van der Waals surface area contributed by atoms with Gasteiger partial charge in [0.1, 0.15) is 5.25 Å². The van der Waals surface area contributed by atoms with Crippen molar-refractivity contribution in [1.82, 2.24) is 25.1 Å². The Morgan fingerprint density at radius 3 is 2.62 bits per heavy atom. The molecule has 1 saturated carbocycles. The lowest BCUT2D eigenvalue weighted by Crippen LogP contribution is -2.42. The highest BCUT2D eigenvalue weighted by atomic mass is 32.2. The number of hydrogen-bond acceptors (Lipinski definition) is 6. The molecule has 2 aliphatic rings. The molecule has 2 heterocycles. The van der Waals surface area contributed by atoms with E-state index in [-0.39, 0.29) is 11.2 Å². The van der Waals surface area contributed by atoms with Crippen molar-refractivity contribution >= 4 is 17.7 Å². The van der Waals surface area contributed by atoms with Gasteiger partial charge in [0.2, 0.25) is 11.1 Å². The second kappa shape index (κ2) is 8.18. The zero-order chi connectivity index (χ0) is 17.8. The number of morpholine rings is 1. The maximum absolute atomic E-state index is 13.2. The van der Waals surface area contributed by atoms with Crippen LogP contribution in [-0.4, -0.2) is 57.3 Å². The number of amides is 1. The molecule has 1 aliphatic heterocycles. The molecule has 4 rings (SSSR count). The van der Waals surface area contributed by atoms with Crippen molar-refractivity contribution in [3.63, 3.8) is 0 Å². The molecule has 1 atom stereocenters. The van der Waals surface area contributed by atoms with Gasteiger partial charge in [-0.15, -0.1) is 5.10 Å². The van der Waals surface area contributed by atoms with Gasteiger partial charge >= 0.3 is 0 Å². The van der Waals surface area contributed by atoms with Crippen molar-refractivity contribution in [2.45, 2.75) is 42.1 Å². The van der Waals surface area contributed by atoms with Crippen molar-refractivity contribution in [2.24, 2.45) is 0 Å². The number of tetrazole rings is 1. The van der Waals surface area contributed by atoms with E-state index in [9.17, 15) is 4.79 Å². The van der Waals surface area contributed by atoms with Gasteiger partial charge in [-0.05, 0) is 28.8 Å². The molecule has 0 bridgehead atoms. The number of carbonyl (C=O) groups excluding carboxylic acids is 1. The fourth-order valence-electron chi connectivity index (χ4n) is 3.58. The summed E-state index contributed by atoms with van der Waals surface area (Å²) < 4.78 is 7.31. The van der Waals surface area contributed by atoms with Crippen molar-refractivity contribution < 1.29 is 9.53 Å². The van der Waals surface area contributed by atoms with E-state index in [1.807, 2.05) is 39.9 Å². The highest BCUT2D eigenvalue weighted by molar-refractivity contribution is 8.00. The van der Waals surface area contributed by atoms with Crippen molar-refractivity contribution in [3.8, 4) is 0 Å². The molecule has 26 heavy (non-hydrogen) atoms. The van der Waals surface area contributed by atoms with E-state index in [4.69, 9.17) is 4.74 Å². The predicted molar refractivity (Wildman–Crippen MR) is 97.8 cm³/mol. The molecule has 1 aliphatic carbocycles. The summed E-state index contributed by atoms with van der Waals surface area (Å²) in [7, 11) is 0. The van der Waals surface area contributed by atoms with E-state index >= 15 is 0 Å². The molecule has 2 aromatic rings. The van der Waals surface area contributed by atoms with E-state index < -0.39 is 0 Å². The maximum atomic E-state index is 13.2. The van der Waals surface area contributed by atoms with Gasteiger partial charge in [-0.2, -0.15) is 0 Å². The van der Waals surface area contributed by atoms with Crippen LogP contribution in [-0.2, 0) is 9.53 Å². The standard InChI is InChI=1S/C18H23N5O2S/c24-17(22-10-12-25-13-11-22)16(14-6-2-1-3-7-14)26-18-19-20-21-23(18)15-8-4-5-9-15/h1-3,6-7,15-16H,4-5,8-13H2/t16-/m0/s1. The Morgan fingerprint density at radius 1 is 1.15 bits per heavy atom. The lowest BCUT2D eigenvalue weighted by molar-refractivity contribution is -0.134. The van der Waals surface area contributed by atoms with Gasteiger partial charge < -0.3 is 9.64 Å². The smallest absolute Gasteiger partial charge is 0.240 e. The third kappa shape index (κ3) is 3.76. The van der Waals surface area contributed by atoms with Gasteiger partial charge in [-0.1, -0.05) is 54.9 Å². The highest BCUT2D eigenvalue weighted by Gasteiger charge is 2.31. The minimum absolute atomic E-state index is 0.102. The van der Waals surface area contributed by atoms with Gasteiger partial charge in [-0.25, -0.2) is 4.68 Å². The van der Waals surface area contributed by atoms with E-state index in [1.165, 1.54) is 24.6 Å². The summed E-state index contributed by atoms with van der Waals surface area (Å²) in [5.74, 6) is 0.102. The molecule has 0 N–H and O–H groups in total. The van der Waals surface area contributed by atoms with Crippen LogP contribution in [0.1, 0.15) is 42.5 Å². The molecule has 8 heteroatoms. The molecule has 1 amide bonds. The Balaban J connectivity index is 1.59. The van der Waals surface area contributed by atoms with Crippen LogP contribution in [0.2, 0.25) is 0 Å². The number of carbonyl (C=O) groups is 1. The van der Waals surface area contributed by atoms with E-state index in [2.05, 4.69) is 15.5 Å². The third-order valence-corrected chi connectivity index (χ3v) is 6.19. The average molecular weight is 373 g/mol. The Labute approximate surface area is 157 Å². The lowest BCUT2D eigenvalue weighted by Gasteiger charge is -2.30. The quantitative estimate of drug-likeness (QED) is 0.750. The molecule has 7 nitrogen and oxygen atoms in total. The van der Waals surface area contributed by atoms with Crippen LogP contribution < -0.4 is 0 Å². The van der Waals surface area contributed by atoms with Crippen molar-refractivity contribution in [3.05, 3.63) is 35.9 Å². The second-order valence-corrected chi connectivity index (χ2v) is 7.76. The van der Waals surface area contributed by atoms with Crippen LogP contribution in [0.3, 0.4) is 0 Å². The van der Waals surface area contributed by atoms with E-state index in [0.29, 0.717) is 32.3 Å². The minimum atomic E-state index is -0.347. The number of hydrogen-bond donors (Lipinski definition) is 0. The molecule has 1 saturated heterocycles. The third-order valence-electron chi connectivity index (χ3n) is 5.01. The van der Waals surface area contributed by atoms with Crippen LogP contribution in [0, 0.1) is 0 Å². The normalized spacial score (nSPS) is 19.6. The van der Waals surface area contributed by atoms with Gasteiger partial charge in [0.15, 0.2) is 0 Å². The first-order chi connectivity index (χ1) is 12.8. The summed E-state index contributed by atoms with van der Waals surface area (Å²) in [5.41, 5.74) is 0.981. The zero-order valence-corrected chi connectivity index (χ0v) is 15.5. The van der Waals surface area contributed by atoms with Crippen molar-refractivity contribution in [1.29, 1.82) is 0 Å². The maximum Gasteiger partial charge on any atom is 0.240 e. The SMILES string of the molecule is O=C([C@@H](Sc1nnnn1C1CCCC1)c1ccccc1)N1CCOCC1. The van der Waals surface area contributed by atoms with Gasteiger partial charge in [-0.3, -0.25) is 4.79 Å². The molecule has 0 unspecified atom stereocenters. The first-order valence-electron chi connectivity index (χ1n) is 9.19. The van der Waals surface area contributed by atoms with Crippen LogP contribution in [0.15, 0.2) is 35.5 Å². The Kier molecular flexibility index (Phi) is 5.50. The molecule has 1 aromatic heterocycles. The number of benzene rings is 1. The summed E-state index contributed by atoms with van der Waals surface area (Å²) in [5, 5.41) is 12.7. The van der Waals surface area contributed by atoms with Crippen LogP contribution >= 0.6 is 11.8 Å². The van der Waals surface area contributed by atoms with Crippen LogP contribution in [0.5, 0.6) is 0 Å². The molecule has 0 radical (unpaired) electrons. The number of rotatable bonds is 5. The number of thioether (sulfide) groups is 1. The average Bonchev–Trinajstić information content (AvgIpc) is 3.38. The monoisotopic (exact) mass is 373 g/mol. The van der Waals surface area contributed by atoms with E-state index in [0.717, 1.165) is 23.6 Å². The Hall–Kier alpha value is -1.93. The zero-order valence-electron chi connectivity index (χ0n) is 14.7. The van der Waals surface area contributed by atoms with Crippen LogP contribution in [0.4, 0.5) is 0 Å².